The van der Waals surface area contributed by atoms with Crippen LogP contribution in [-0.4, -0.2) is 16.9 Å². The smallest absolute Gasteiger partial charge is 0.363 e. The fraction of sp³-hybridized carbons (Fsp3) is 0.455. The Kier molecular flexibility index (Phi) is 5.80. The van der Waals surface area contributed by atoms with Gasteiger partial charge in [0.25, 0.3) is 0 Å². The topological polar surface area (TPSA) is 45.2 Å². The number of rotatable bonds is 4. The van der Waals surface area contributed by atoms with Gasteiger partial charge in [0.15, 0.2) is 11.6 Å². The van der Waals surface area contributed by atoms with E-state index in [-0.39, 0.29) is 29.6 Å². The summed E-state index contributed by atoms with van der Waals surface area (Å²) in [4.78, 5) is 18.4. The van der Waals surface area contributed by atoms with Crippen LogP contribution in [0.3, 0.4) is 0 Å². The number of benzene rings is 1. The molecule has 8 heteroatoms. The average molecular weight is 423 g/mol. The number of aromatic nitrogens is 1. The maximum absolute atomic E-state index is 14.6. The predicted molar refractivity (Wildman–Crippen MR) is 108 cm³/mol. The molecule has 0 fully saturated rings. The van der Waals surface area contributed by atoms with E-state index in [0.717, 1.165) is 12.1 Å². The van der Waals surface area contributed by atoms with Crippen molar-refractivity contribution >= 4 is 17.4 Å². The van der Waals surface area contributed by atoms with Crippen LogP contribution in [0, 0.1) is 11.2 Å². The first-order valence-electron chi connectivity index (χ1n) is 9.75. The van der Waals surface area contributed by atoms with Crippen molar-refractivity contribution in [2.75, 3.05) is 10.2 Å². The van der Waals surface area contributed by atoms with E-state index in [0.29, 0.717) is 29.9 Å². The number of halogens is 4. The first-order chi connectivity index (χ1) is 13.8. The highest BCUT2D eigenvalue weighted by Crippen LogP contribution is 2.35. The Hall–Kier alpha value is -2.64. The van der Waals surface area contributed by atoms with Crippen molar-refractivity contribution in [3.63, 3.8) is 0 Å². The molecular formula is C22H25F4N3O. The Morgan fingerprint density at radius 1 is 1.20 bits per heavy atom. The molecule has 0 aliphatic carbocycles. The molecule has 3 rings (SSSR count). The highest BCUT2D eigenvalue weighted by molar-refractivity contribution is 5.90. The van der Waals surface area contributed by atoms with Crippen molar-refractivity contribution in [1.29, 1.82) is 0 Å². The minimum atomic E-state index is -4.38. The molecular weight excluding hydrogens is 398 g/mol. The predicted octanol–water partition coefficient (Wildman–Crippen LogP) is 5.57. The molecule has 1 aliphatic rings. The lowest BCUT2D eigenvalue weighted by Crippen LogP contribution is -2.28. The van der Waals surface area contributed by atoms with Gasteiger partial charge in [-0.1, -0.05) is 32.9 Å². The van der Waals surface area contributed by atoms with E-state index < -0.39 is 17.6 Å². The standard InChI is InChI=1S/C22H25F4N3O/c1-13-9-17-18(10-16(23)20(27-17)28-19(30)11-21(2,3)4)29(13)12-14-5-7-15(8-6-14)22(24,25)26/h5-8,10,13H,9,11-12H2,1-4H3,(H,27,28,30)/t13-/m0/s1. The first kappa shape index (κ1) is 22.1. The molecule has 1 aliphatic heterocycles. The SMILES string of the molecule is C[C@H]1Cc2nc(NC(=O)CC(C)(C)C)c(F)cc2N1Cc1ccc(C(F)(F)F)cc1. The molecule has 30 heavy (non-hydrogen) atoms. The van der Waals surface area contributed by atoms with Gasteiger partial charge in [-0.3, -0.25) is 4.79 Å². The number of nitrogens with one attached hydrogen (secondary N) is 1. The summed E-state index contributed by atoms with van der Waals surface area (Å²) in [6.07, 6.45) is -3.59. The maximum Gasteiger partial charge on any atom is 0.416 e. The highest BCUT2D eigenvalue weighted by Gasteiger charge is 2.32. The fourth-order valence-electron chi connectivity index (χ4n) is 3.53. The van der Waals surface area contributed by atoms with Crippen molar-refractivity contribution in [2.45, 2.75) is 59.3 Å². The summed E-state index contributed by atoms with van der Waals surface area (Å²) >= 11 is 0. The van der Waals surface area contributed by atoms with Crippen molar-refractivity contribution in [3.05, 3.63) is 53.0 Å². The largest absolute Gasteiger partial charge is 0.416 e. The van der Waals surface area contributed by atoms with Gasteiger partial charge in [-0.2, -0.15) is 13.2 Å². The summed E-state index contributed by atoms with van der Waals surface area (Å²) in [5.74, 6) is -1.03. The summed E-state index contributed by atoms with van der Waals surface area (Å²) in [5.41, 5.74) is 0.996. The molecule has 2 aromatic rings. The van der Waals surface area contributed by atoms with E-state index >= 15 is 0 Å². The Balaban J connectivity index is 1.78. The molecule has 1 atom stereocenters. The van der Waals surface area contributed by atoms with Gasteiger partial charge in [0.2, 0.25) is 5.91 Å². The molecule has 1 aromatic carbocycles. The number of carbonyl (C=O) groups excluding carboxylic acids is 1. The molecule has 0 radical (unpaired) electrons. The van der Waals surface area contributed by atoms with E-state index in [4.69, 9.17) is 0 Å². The summed E-state index contributed by atoms with van der Waals surface area (Å²) in [6.45, 7) is 8.03. The number of alkyl halides is 3. The van der Waals surface area contributed by atoms with Crippen LogP contribution >= 0.6 is 0 Å². The quantitative estimate of drug-likeness (QED) is 0.655. The van der Waals surface area contributed by atoms with Crippen LogP contribution in [0.1, 0.15) is 50.9 Å². The zero-order valence-corrected chi connectivity index (χ0v) is 17.4. The van der Waals surface area contributed by atoms with Crippen LogP contribution in [0.5, 0.6) is 0 Å². The van der Waals surface area contributed by atoms with E-state index in [1.165, 1.54) is 18.2 Å². The minimum Gasteiger partial charge on any atom is -0.363 e. The third kappa shape index (κ3) is 5.09. The summed E-state index contributed by atoms with van der Waals surface area (Å²) in [5, 5.41) is 2.55. The number of pyridine rings is 1. The summed E-state index contributed by atoms with van der Waals surface area (Å²) < 4.78 is 52.9. The minimum absolute atomic E-state index is 0.00489. The van der Waals surface area contributed by atoms with Gasteiger partial charge in [0, 0.05) is 31.5 Å². The molecule has 4 nitrogen and oxygen atoms in total. The molecule has 0 bridgehead atoms. The number of amides is 1. The fourth-order valence-corrected chi connectivity index (χ4v) is 3.53. The second-order valence-corrected chi connectivity index (χ2v) is 8.95. The van der Waals surface area contributed by atoms with Crippen LogP contribution in [-0.2, 0) is 23.9 Å². The van der Waals surface area contributed by atoms with Crippen LogP contribution in [0.4, 0.5) is 29.1 Å². The van der Waals surface area contributed by atoms with Gasteiger partial charge in [-0.05, 0) is 30.0 Å². The summed E-state index contributed by atoms with van der Waals surface area (Å²) in [7, 11) is 0. The van der Waals surface area contributed by atoms with Gasteiger partial charge in [-0.25, -0.2) is 9.37 Å². The number of hydrogen-bond donors (Lipinski definition) is 1. The monoisotopic (exact) mass is 423 g/mol. The molecule has 162 valence electrons. The van der Waals surface area contributed by atoms with Crippen molar-refractivity contribution in [2.24, 2.45) is 5.41 Å². The lowest BCUT2D eigenvalue weighted by Gasteiger charge is -2.25. The van der Waals surface area contributed by atoms with Gasteiger partial charge >= 0.3 is 6.18 Å². The Labute approximate surface area is 173 Å². The average Bonchev–Trinajstić information content (AvgIpc) is 2.88. The molecule has 0 spiro atoms. The van der Waals surface area contributed by atoms with Gasteiger partial charge in [0.1, 0.15) is 0 Å². The van der Waals surface area contributed by atoms with Crippen molar-refractivity contribution < 1.29 is 22.4 Å². The van der Waals surface area contributed by atoms with Gasteiger partial charge in [-0.15, -0.1) is 0 Å². The number of anilines is 2. The zero-order chi connectivity index (χ0) is 22.3. The molecule has 2 heterocycles. The third-order valence-corrected chi connectivity index (χ3v) is 4.95. The van der Waals surface area contributed by atoms with E-state index in [9.17, 15) is 22.4 Å². The Morgan fingerprint density at radius 3 is 2.40 bits per heavy atom. The van der Waals surface area contributed by atoms with E-state index in [2.05, 4.69) is 10.3 Å². The van der Waals surface area contributed by atoms with Crippen LogP contribution < -0.4 is 10.2 Å². The van der Waals surface area contributed by atoms with E-state index in [1.54, 1.807) is 0 Å². The van der Waals surface area contributed by atoms with Crippen LogP contribution in [0.25, 0.3) is 0 Å². The third-order valence-electron chi connectivity index (χ3n) is 4.95. The Morgan fingerprint density at radius 2 is 1.83 bits per heavy atom. The van der Waals surface area contributed by atoms with Crippen molar-refractivity contribution in [3.8, 4) is 0 Å². The molecule has 1 N–H and O–H groups in total. The van der Waals surface area contributed by atoms with Gasteiger partial charge in [0.05, 0.1) is 16.9 Å². The molecule has 1 amide bonds. The van der Waals surface area contributed by atoms with Gasteiger partial charge < -0.3 is 10.2 Å². The molecule has 1 aromatic heterocycles. The lowest BCUT2D eigenvalue weighted by molar-refractivity contribution is -0.137. The van der Waals surface area contributed by atoms with Crippen molar-refractivity contribution in [1.82, 2.24) is 4.98 Å². The zero-order valence-electron chi connectivity index (χ0n) is 17.4. The lowest BCUT2D eigenvalue weighted by atomic mass is 9.92. The number of nitrogens with zero attached hydrogens (tertiary/aromatic N) is 2. The number of hydrogen-bond acceptors (Lipinski definition) is 3. The molecule has 0 saturated carbocycles. The molecule has 0 saturated heterocycles. The second-order valence-electron chi connectivity index (χ2n) is 8.95. The summed E-state index contributed by atoms with van der Waals surface area (Å²) in [6, 6.07) is 6.28. The second kappa shape index (κ2) is 7.89. The molecule has 0 unspecified atom stereocenters. The van der Waals surface area contributed by atoms with Crippen LogP contribution in [0.2, 0.25) is 0 Å². The normalized spacial score (nSPS) is 16.5. The number of fused-ring (bicyclic) bond motifs is 1. The first-order valence-corrected chi connectivity index (χ1v) is 9.75. The number of carbonyl (C=O) groups is 1. The van der Waals surface area contributed by atoms with Crippen LogP contribution in [0.15, 0.2) is 30.3 Å². The maximum atomic E-state index is 14.6. The Bertz CT molecular complexity index is 933. The van der Waals surface area contributed by atoms with E-state index in [1.807, 2.05) is 32.6 Å². The highest BCUT2D eigenvalue weighted by atomic mass is 19.4.